The average molecular weight is 507 g/mol. The smallest absolute Gasteiger partial charge is 0.239 e. The van der Waals surface area contributed by atoms with Crippen LogP contribution >= 0.6 is 0 Å². The van der Waals surface area contributed by atoms with Crippen molar-refractivity contribution in [1.82, 2.24) is 15.1 Å². The van der Waals surface area contributed by atoms with E-state index in [1.807, 2.05) is 48.5 Å². The molecule has 2 aliphatic heterocycles. The molecule has 0 atom stereocenters. The van der Waals surface area contributed by atoms with Crippen molar-refractivity contribution in [1.29, 1.82) is 0 Å². The lowest BCUT2D eigenvalue weighted by atomic mass is 9.74. The van der Waals surface area contributed by atoms with Gasteiger partial charge in [-0.1, -0.05) is 54.6 Å². The summed E-state index contributed by atoms with van der Waals surface area (Å²) >= 11 is 0. The van der Waals surface area contributed by atoms with Gasteiger partial charge in [0.2, 0.25) is 5.91 Å². The summed E-state index contributed by atoms with van der Waals surface area (Å²) in [6.07, 6.45) is 1.41. The van der Waals surface area contributed by atoms with E-state index in [0.717, 1.165) is 36.5 Å². The molecular formula is C31H30N4O3. The fourth-order valence-corrected chi connectivity index (χ4v) is 5.71. The van der Waals surface area contributed by atoms with Crippen molar-refractivity contribution in [3.63, 3.8) is 0 Å². The summed E-state index contributed by atoms with van der Waals surface area (Å²) in [5.41, 5.74) is 3.70. The minimum absolute atomic E-state index is 0.0754. The molecule has 0 radical (unpaired) electrons. The van der Waals surface area contributed by atoms with Gasteiger partial charge in [-0.05, 0) is 67.4 Å². The van der Waals surface area contributed by atoms with Crippen molar-refractivity contribution >= 4 is 11.7 Å². The molecule has 7 nitrogen and oxygen atoms in total. The van der Waals surface area contributed by atoms with Crippen LogP contribution in [-0.2, 0) is 23.3 Å². The SMILES string of the molecule is COc1ccc(CN2C(=O)C3(CCN(Cc4ccccc4)CC3)c3cc(-c4ccccc4O)nnc32)cc1. The monoisotopic (exact) mass is 506 g/mol. The van der Waals surface area contributed by atoms with Crippen LogP contribution < -0.4 is 9.64 Å². The van der Waals surface area contributed by atoms with Crippen LogP contribution in [0.3, 0.4) is 0 Å². The Labute approximate surface area is 222 Å². The van der Waals surface area contributed by atoms with Crippen molar-refractivity contribution < 1.29 is 14.6 Å². The van der Waals surface area contributed by atoms with Gasteiger partial charge in [0.05, 0.1) is 24.8 Å². The lowest BCUT2D eigenvalue weighted by Crippen LogP contribution is -2.48. The largest absolute Gasteiger partial charge is 0.507 e. The van der Waals surface area contributed by atoms with Crippen LogP contribution in [0, 0.1) is 0 Å². The van der Waals surface area contributed by atoms with E-state index in [2.05, 4.69) is 39.4 Å². The maximum absolute atomic E-state index is 14.2. The number of carbonyl (C=O) groups excluding carboxylic acids is 1. The molecule has 2 aliphatic rings. The molecule has 1 amide bonds. The van der Waals surface area contributed by atoms with Crippen LogP contribution in [0.15, 0.2) is 84.9 Å². The van der Waals surface area contributed by atoms with E-state index < -0.39 is 5.41 Å². The van der Waals surface area contributed by atoms with Crippen LogP contribution in [0.4, 0.5) is 5.82 Å². The number of phenolic OH excluding ortho intramolecular Hbond substituents is 1. The number of rotatable bonds is 6. The van der Waals surface area contributed by atoms with Crippen LogP contribution in [0.2, 0.25) is 0 Å². The third kappa shape index (κ3) is 4.29. The Hall–Kier alpha value is -4.23. The Balaban J connectivity index is 1.34. The van der Waals surface area contributed by atoms with E-state index in [4.69, 9.17) is 4.74 Å². The summed E-state index contributed by atoms with van der Waals surface area (Å²) in [4.78, 5) is 18.4. The first kappa shape index (κ1) is 24.1. The molecule has 192 valence electrons. The number of ether oxygens (including phenoxy) is 1. The number of anilines is 1. The molecule has 1 spiro atoms. The average Bonchev–Trinajstić information content (AvgIpc) is 3.17. The van der Waals surface area contributed by atoms with Gasteiger partial charge in [0, 0.05) is 17.7 Å². The summed E-state index contributed by atoms with van der Waals surface area (Å²) in [5, 5.41) is 19.5. The highest BCUT2D eigenvalue weighted by atomic mass is 16.5. The van der Waals surface area contributed by atoms with E-state index >= 15 is 0 Å². The number of fused-ring (bicyclic) bond motifs is 2. The minimum Gasteiger partial charge on any atom is -0.507 e. The number of benzene rings is 3. The van der Waals surface area contributed by atoms with Crippen molar-refractivity contribution in [2.45, 2.75) is 31.3 Å². The van der Waals surface area contributed by atoms with E-state index in [9.17, 15) is 9.90 Å². The molecule has 4 aromatic rings. The number of phenols is 1. The first-order chi connectivity index (χ1) is 18.6. The molecule has 3 aromatic carbocycles. The first-order valence-corrected chi connectivity index (χ1v) is 13.0. The summed E-state index contributed by atoms with van der Waals surface area (Å²) in [6, 6.07) is 27.3. The Morgan fingerprint density at radius 2 is 1.55 bits per heavy atom. The van der Waals surface area contributed by atoms with Crippen molar-refractivity contribution in [2.75, 3.05) is 25.1 Å². The van der Waals surface area contributed by atoms with E-state index in [0.29, 0.717) is 36.5 Å². The second-order valence-electron chi connectivity index (χ2n) is 10.1. The fraction of sp³-hybridized carbons (Fsp3) is 0.258. The van der Waals surface area contributed by atoms with Crippen LogP contribution in [0.5, 0.6) is 11.5 Å². The molecule has 6 rings (SSSR count). The molecule has 7 heteroatoms. The Bertz CT molecular complexity index is 1450. The standard InChI is InChI=1S/C31H30N4O3/c1-38-24-13-11-23(12-14-24)21-35-29-26(19-27(32-33-29)25-9-5-6-10-28(25)36)31(30(35)37)15-17-34(18-16-31)20-22-7-3-2-4-8-22/h2-14,19,36H,15-18,20-21H2,1H3. The molecule has 38 heavy (non-hydrogen) atoms. The number of hydrogen-bond donors (Lipinski definition) is 1. The third-order valence-corrected chi connectivity index (χ3v) is 7.84. The van der Waals surface area contributed by atoms with Gasteiger partial charge in [-0.2, -0.15) is 0 Å². The van der Waals surface area contributed by atoms with Gasteiger partial charge in [0.1, 0.15) is 11.5 Å². The lowest BCUT2D eigenvalue weighted by molar-refractivity contribution is -0.125. The summed E-state index contributed by atoms with van der Waals surface area (Å²) in [6.45, 7) is 2.90. The number of aromatic nitrogens is 2. The number of aromatic hydroxyl groups is 1. The highest BCUT2D eigenvalue weighted by Crippen LogP contribution is 2.48. The second-order valence-corrected chi connectivity index (χ2v) is 10.1. The van der Waals surface area contributed by atoms with Crippen molar-refractivity contribution in [2.24, 2.45) is 0 Å². The number of carbonyl (C=O) groups is 1. The molecule has 0 unspecified atom stereocenters. The summed E-state index contributed by atoms with van der Waals surface area (Å²) in [7, 11) is 1.64. The van der Waals surface area contributed by atoms with Gasteiger partial charge in [0.15, 0.2) is 5.82 Å². The Morgan fingerprint density at radius 1 is 0.868 bits per heavy atom. The second kappa shape index (κ2) is 9.91. The molecule has 1 aromatic heterocycles. The van der Waals surface area contributed by atoms with Crippen LogP contribution in [-0.4, -0.2) is 46.3 Å². The highest BCUT2D eigenvalue weighted by molar-refractivity contribution is 6.07. The molecule has 1 fully saturated rings. The normalized spacial score (nSPS) is 16.6. The van der Waals surface area contributed by atoms with Gasteiger partial charge in [-0.3, -0.25) is 14.6 Å². The molecule has 0 bridgehead atoms. The highest BCUT2D eigenvalue weighted by Gasteiger charge is 2.53. The summed E-state index contributed by atoms with van der Waals surface area (Å²) in [5.74, 6) is 1.61. The van der Waals surface area contributed by atoms with Crippen molar-refractivity contribution in [3.05, 3.63) is 102 Å². The van der Waals surface area contributed by atoms with Gasteiger partial charge >= 0.3 is 0 Å². The van der Waals surface area contributed by atoms with Gasteiger partial charge in [-0.15, -0.1) is 10.2 Å². The maximum Gasteiger partial charge on any atom is 0.239 e. The molecule has 3 heterocycles. The van der Waals surface area contributed by atoms with Gasteiger partial charge < -0.3 is 9.84 Å². The van der Waals surface area contributed by atoms with Gasteiger partial charge in [-0.25, -0.2) is 0 Å². The predicted molar refractivity (Wildman–Crippen MR) is 146 cm³/mol. The molecule has 1 saturated heterocycles. The zero-order valence-corrected chi connectivity index (χ0v) is 21.4. The number of likely N-dealkylation sites (tertiary alicyclic amines) is 1. The summed E-state index contributed by atoms with van der Waals surface area (Å²) < 4.78 is 5.30. The quantitative estimate of drug-likeness (QED) is 0.399. The first-order valence-electron chi connectivity index (χ1n) is 13.0. The van der Waals surface area contributed by atoms with Crippen LogP contribution in [0.25, 0.3) is 11.3 Å². The number of nitrogens with zero attached hydrogens (tertiary/aromatic N) is 4. The van der Waals surface area contributed by atoms with Crippen molar-refractivity contribution in [3.8, 4) is 22.8 Å². The zero-order chi connectivity index (χ0) is 26.1. The zero-order valence-electron chi connectivity index (χ0n) is 21.4. The van der Waals surface area contributed by atoms with E-state index in [1.165, 1.54) is 5.56 Å². The fourth-order valence-electron chi connectivity index (χ4n) is 5.71. The molecular weight excluding hydrogens is 476 g/mol. The number of piperidine rings is 1. The Morgan fingerprint density at radius 3 is 2.26 bits per heavy atom. The lowest BCUT2D eigenvalue weighted by Gasteiger charge is -2.38. The van der Waals surface area contributed by atoms with E-state index in [-0.39, 0.29) is 11.7 Å². The number of para-hydroxylation sites is 1. The van der Waals surface area contributed by atoms with Crippen LogP contribution in [0.1, 0.15) is 29.5 Å². The topological polar surface area (TPSA) is 78.8 Å². The predicted octanol–water partition coefficient (Wildman–Crippen LogP) is 4.94. The van der Waals surface area contributed by atoms with E-state index in [1.54, 1.807) is 24.1 Å². The number of hydrogen-bond acceptors (Lipinski definition) is 6. The minimum atomic E-state index is -0.663. The number of amides is 1. The molecule has 1 N–H and O–H groups in total. The number of methoxy groups -OCH3 is 1. The molecule has 0 aliphatic carbocycles. The molecule has 0 saturated carbocycles. The Kier molecular flexibility index (Phi) is 6.29. The maximum atomic E-state index is 14.2. The third-order valence-electron chi connectivity index (χ3n) is 7.84. The van der Waals surface area contributed by atoms with Gasteiger partial charge in [0.25, 0.3) is 0 Å².